The van der Waals surface area contributed by atoms with E-state index in [-0.39, 0.29) is 18.4 Å². The molecule has 9 nitrogen and oxygen atoms in total. The van der Waals surface area contributed by atoms with E-state index in [2.05, 4.69) is 10.5 Å². The summed E-state index contributed by atoms with van der Waals surface area (Å²) in [5, 5.41) is 6.12. The first-order valence-electron chi connectivity index (χ1n) is 7.68. The van der Waals surface area contributed by atoms with Gasteiger partial charge in [0.1, 0.15) is 5.76 Å². The number of nitrogens with zero attached hydrogens (tertiary/aromatic N) is 2. The summed E-state index contributed by atoms with van der Waals surface area (Å²) in [6.07, 6.45) is 0. The van der Waals surface area contributed by atoms with E-state index in [1.54, 1.807) is 45.3 Å². The minimum absolute atomic E-state index is 0.140. The van der Waals surface area contributed by atoms with Crippen LogP contribution < -0.4 is 10.1 Å². The quantitative estimate of drug-likeness (QED) is 0.739. The van der Waals surface area contributed by atoms with Gasteiger partial charge in [0, 0.05) is 31.4 Å². The van der Waals surface area contributed by atoms with Crippen LogP contribution in [0.25, 0.3) is 0 Å². The first-order chi connectivity index (χ1) is 12.3. The lowest BCUT2D eigenvalue weighted by molar-refractivity contribution is -0.149. The molecular formula is C17H19N3O6. The van der Waals surface area contributed by atoms with E-state index in [1.165, 1.54) is 11.0 Å². The second kappa shape index (κ2) is 8.65. The number of anilines is 1. The normalized spacial score (nSPS) is 10.1. The molecule has 2 rings (SSSR count). The van der Waals surface area contributed by atoms with Gasteiger partial charge in [-0.05, 0) is 36.3 Å². The number of carbonyl (C=O) groups excluding carboxylic acids is 3. The van der Waals surface area contributed by atoms with Gasteiger partial charge in [-0.1, -0.05) is 0 Å². The first kappa shape index (κ1) is 19.0. The molecule has 1 heterocycles. The molecule has 26 heavy (non-hydrogen) atoms. The van der Waals surface area contributed by atoms with E-state index >= 15 is 0 Å². The van der Waals surface area contributed by atoms with Crippen molar-refractivity contribution >= 4 is 23.5 Å². The van der Waals surface area contributed by atoms with Crippen LogP contribution in [0.1, 0.15) is 16.1 Å². The van der Waals surface area contributed by atoms with Crippen molar-refractivity contribution in [2.45, 2.75) is 6.92 Å². The SMILES string of the molecule is Cc1cc(OCC(=O)OCC(=O)Nc2ccc(C(=O)N(C)C)cc2)no1. The summed E-state index contributed by atoms with van der Waals surface area (Å²) in [4.78, 5) is 36.6. The predicted molar refractivity (Wildman–Crippen MR) is 90.8 cm³/mol. The number of aryl methyl sites for hydroxylation is 1. The van der Waals surface area contributed by atoms with Crippen LogP contribution in [0.2, 0.25) is 0 Å². The summed E-state index contributed by atoms with van der Waals surface area (Å²) in [7, 11) is 3.31. The predicted octanol–water partition coefficient (Wildman–Crippen LogP) is 1.25. The summed E-state index contributed by atoms with van der Waals surface area (Å²) < 4.78 is 14.6. The number of carbonyl (C=O) groups is 3. The lowest BCUT2D eigenvalue weighted by Crippen LogP contribution is -2.24. The van der Waals surface area contributed by atoms with E-state index < -0.39 is 18.5 Å². The van der Waals surface area contributed by atoms with Crippen molar-refractivity contribution in [3.8, 4) is 5.88 Å². The Morgan fingerprint density at radius 1 is 1.15 bits per heavy atom. The Hall–Kier alpha value is -3.36. The number of hydrogen-bond acceptors (Lipinski definition) is 7. The molecule has 0 radical (unpaired) electrons. The summed E-state index contributed by atoms with van der Waals surface area (Å²) in [6.45, 7) is 0.838. The monoisotopic (exact) mass is 361 g/mol. The summed E-state index contributed by atoms with van der Waals surface area (Å²) >= 11 is 0. The van der Waals surface area contributed by atoms with Crippen LogP contribution in [0.3, 0.4) is 0 Å². The van der Waals surface area contributed by atoms with Crippen LogP contribution in [0.4, 0.5) is 5.69 Å². The highest BCUT2D eigenvalue weighted by atomic mass is 16.6. The Morgan fingerprint density at radius 3 is 2.42 bits per heavy atom. The number of benzene rings is 1. The first-order valence-corrected chi connectivity index (χ1v) is 7.68. The molecule has 0 unspecified atom stereocenters. The molecule has 2 aromatic rings. The van der Waals surface area contributed by atoms with E-state index in [9.17, 15) is 14.4 Å². The molecule has 1 N–H and O–H groups in total. The van der Waals surface area contributed by atoms with E-state index in [1.807, 2.05) is 0 Å². The Kier molecular flexibility index (Phi) is 6.31. The minimum atomic E-state index is -0.715. The average Bonchev–Trinajstić information content (AvgIpc) is 3.03. The summed E-state index contributed by atoms with van der Waals surface area (Å²) in [5.41, 5.74) is 0.982. The lowest BCUT2D eigenvalue weighted by atomic mass is 10.2. The molecule has 0 saturated heterocycles. The number of amides is 2. The standard InChI is InChI=1S/C17H19N3O6/c1-11-8-15(19-26-11)24-10-16(22)25-9-14(21)18-13-6-4-12(5-7-13)17(23)20(2)3/h4-8H,9-10H2,1-3H3,(H,18,21). The zero-order valence-electron chi connectivity index (χ0n) is 14.6. The maximum absolute atomic E-state index is 11.8. The zero-order chi connectivity index (χ0) is 19.1. The van der Waals surface area contributed by atoms with Gasteiger partial charge in [0.25, 0.3) is 17.7 Å². The molecule has 0 aliphatic rings. The van der Waals surface area contributed by atoms with E-state index in [0.717, 1.165) is 0 Å². The Bertz CT molecular complexity index is 782. The summed E-state index contributed by atoms with van der Waals surface area (Å²) in [5.74, 6) is -0.656. The molecule has 1 aromatic carbocycles. The lowest BCUT2D eigenvalue weighted by Gasteiger charge is -2.11. The molecule has 0 saturated carbocycles. The van der Waals surface area contributed by atoms with Crippen molar-refractivity contribution in [2.75, 3.05) is 32.6 Å². The van der Waals surface area contributed by atoms with Gasteiger partial charge in [-0.3, -0.25) is 9.59 Å². The smallest absolute Gasteiger partial charge is 0.344 e. The van der Waals surface area contributed by atoms with Crippen LogP contribution in [0.15, 0.2) is 34.9 Å². The molecule has 138 valence electrons. The highest BCUT2D eigenvalue weighted by Crippen LogP contribution is 2.11. The molecule has 0 bridgehead atoms. The largest absolute Gasteiger partial charge is 0.463 e. The topological polar surface area (TPSA) is 111 Å². The molecule has 0 spiro atoms. The zero-order valence-corrected chi connectivity index (χ0v) is 14.6. The van der Waals surface area contributed by atoms with Crippen LogP contribution in [-0.4, -0.2) is 55.1 Å². The molecule has 0 atom stereocenters. The van der Waals surface area contributed by atoms with Gasteiger partial charge < -0.3 is 24.2 Å². The van der Waals surface area contributed by atoms with Gasteiger partial charge in [-0.25, -0.2) is 4.79 Å². The Balaban J connectivity index is 1.74. The van der Waals surface area contributed by atoms with Gasteiger partial charge in [0.2, 0.25) is 0 Å². The number of ether oxygens (including phenoxy) is 2. The Morgan fingerprint density at radius 2 is 1.85 bits per heavy atom. The van der Waals surface area contributed by atoms with Crippen molar-refractivity contribution in [1.29, 1.82) is 0 Å². The fourth-order valence-electron chi connectivity index (χ4n) is 1.88. The van der Waals surface area contributed by atoms with Crippen LogP contribution >= 0.6 is 0 Å². The van der Waals surface area contributed by atoms with E-state index in [4.69, 9.17) is 14.0 Å². The number of rotatable bonds is 7. The molecule has 0 aliphatic heterocycles. The van der Waals surface area contributed by atoms with Gasteiger partial charge in [-0.15, -0.1) is 0 Å². The third-order valence-electron chi connectivity index (χ3n) is 3.13. The van der Waals surface area contributed by atoms with Crippen LogP contribution in [0.5, 0.6) is 5.88 Å². The maximum atomic E-state index is 11.8. The molecule has 0 aliphatic carbocycles. The molecule has 9 heteroatoms. The molecule has 0 fully saturated rings. The highest BCUT2D eigenvalue weighted by Gasteiger charge is 2.11. The van der Waals surface area contributed by atoms with Crippen LogP contribution in [-0.2, 0) is 14.3 Å². The summed E-state index contributed by atoms with van der Waals surface area (Å²) in [6, 6.07) is 7.89. The fourth-order valence-corrected chi connectivity index (χ4v) is 1.88. The van der Waals surface area contributed by atoms with Crippen molar-refractivity contribution in [2.24, 2.45) is 0 Å². The van der Waals surface area contributed by atoms with Gasteiger partial charge in [0.15, 0.2) is 13.2 Å². The molecular weight excluding hydrogens is 342 g/mol. The van der Waals surface area contributed by atoms with Crippen LogP contribution in [0, 0.1) is 6.92 Å². The Labute approximate surface area is 149 Å². The molecule has 2 amide bonds. The highest BCUT2D eigenvalue weighted by molar-refractivity contribution is 5.96. The number of hydrogen-bond donors (Lipinski definition) is 1. The van der Waals surface area contributed by atoms with Crippen molar-refractivity contribution < 1.29 is 28.4 Å². The fraction of sp³-hybridized carbons (Fsp3) is 0.294. The number of nitrogens with one attached hydrogen (secondary N) is 1. The average molecular weight is 361 g/mol. The second-order valence-electron chi connectivity index (χ2n) is 5.55. The van der Waals surface area contributed by atoms with E-state index in [0.29, 0.717) is 17.0 Å². The third-order valence-corrected chi connectivity index (χ3v) is 3.13. The third kappa shape index (κ3) is 5.62. The second-order valence-corrected chi connectivity index (χ2v) is 5.55. The molecule has 1 aromatic heterocycles. The minimum Gasteiger partial charge on any atom is -0.463 e. The van der Waals surface area contributed by atoms with Crippen molar-refractivity contribution in [3.05, 3.63) is 41.7 Å². The maximum Gasteiger partial charge on any atom is 0.344 e. The van der Waals surface area contributed by atoms with Crippen molar-refractivity contribution in [3.63, 3.8) is 0 Å². The van der Waals surface area contributed by atoms with Gasteiger partial charge in [0.05, 0.1) is 0 Å². The number of esters is 1. The van der Waals surface area contributed by atoms with Crippen molar-refractivity contribution in [1.82, 2.24) is 10.1 Å². The van der Waals surface area contributed by atoms with Gasteiger partial charge >= 0.3 is 5.97 Å². The number of aromatic nitrogens is 1. The van der Waals surface area contributed by atoms with Gasteiger partial charge in [-0.2, -0.15) is 0 Å².